The maximum Gasteiger partial charge on any atom is 0.286 e. The van der Waals surface area contributed by atoms with Gasteiger partial charge in [-0.2, -0.15) is 0 Å². The fraction of sp³-hybridized carbons (Fsp3) is 0.400. The van der Waals surface area contributed by atoms with Gasteiger partial charge in [0, 0.05) is 29.4 Å². The predicted octanol–water partition coefficient (Wildman–Crippen LogP) is 3.79. The molecule has 0 saturated heterocycles. The highest BCUT2D eigenvalue weighted by Gasteiger charge is 2.38. The molecule has 6 heteroatoms. The Balaban J connectivity index is 1.40. The van der Waals surface area contributed by atoms with Gasteiger partial charge in [0.15, 0.2) is 5.76 Å². The second-order valence-electron chi connectivity index (χ2n) is 6.76. The van der Waals surface area contributed by atoms with Gasteiger partial charge in [0.05, 0.1) is 6.26 Å². The highest BCUT2D eigenvalue weighted by Crippen LogP contribution is 2.43. The van der Waals surface area contributed by atoms with E-state index < -0.39 is 0 Å². The largest absolute Gasteiger partial charge is 0.459 e. The van der Waals surface area contributed by atoms with Gasteiger partial charge in [0.2, 0.25) is 5.91 Å². The van der Waals surface area contributed by atoms with Crippen LogP contribution >= 0.6 is 15.9 Å². The lowest BCUT2D eigenvalue weighted by Gasteiger charge is -2.42. The van der Waals surface area contributed by atoms with Crippen molar-refractivity contribution in [1.82, 2.24) is 10.6 Å². The molecule has 2 N–H and O–H groups in total. The van der Waals surface area contributed by atoms with Crippen molar-refractivity contribution < 1.29 is 14.0 Å². The first-order valence-electron chi connectivity index (χ1n) is 8.94. The third-order valence-corrected chi connectivity index (χ3v) is 5.48. The van der Waals surface area contributed by atoms with Gasteiger partial charge in [-0.05, 0) is 49.1 Å². The highest BCUT2D eigenvalue weighted by molar-refractivity contribution is 9.10. The Hall–Kier alpha value is -2.08. The van der Waals surface area contributed by atoms with Crippen LogP contribution in [0.1, 0.15) is 48.2 Å². The molecule has 1 aliphatic carbocycles. The van der Waals surface area contributed by atoms with Gasteiger partial charge in [-0.25, -0.2) is 0 Å². The molecule has 138 valence electrons. The second kappa shape index (κ2) is 8.54. The van der Waals surface area contributed by atoms with Crippen LogP contribution < -0.4 is 10.6 Å². The third kappa shape index (κ3) is 4.55. The number of hydrogen-bond donors (Lipinski definition) is 2. The van der Waals surface area contributed by atoms with Crippen molar-refractivity contribution in [3.63, 3.8) is 0 Å². The molecule has 0 aliphatic heterocycles. The molecule has 0 radical (unpaired) electrons. The van der Waals surface area contributed by atoms with Crippen LogP contribution in [0.4, 0.5) is 0 Å². The van der Waals surface area contributed by atoms with Crippen molar-refractivity contribution in [1.29, 1.82) is 0 Å². The minimum Gasteiger partial charge on any atom is -0.459 e. The molecule has 1 fully saturated rings. The van der Waals surface area contributed by atoms with Gasteiger partial charge in [-0.15, -0.1) is 0 Å². The van der Waals surface area contributed by atoms with Crippen molar-refractivity contribution in [3.05, 3.63) is 58.5 Å². The predicted molar refractivity (Wildman–Crippen MR) is 103 cm³/mol. The normalized spacial score (nSPS) is 15.1. The van der Waals surface area contributed by atoms with Crippen LogP contribution in [0, 0.1) is 0 Å². The minimum absolute atomic E-state index is 0.0264. The molecule has 1 aliphatic rings. The molecule has 1 saturated carbocycles. The second-order valence-corrected chi connectivity index (χ2v) is 7.67. The van der Waals surface area contributed by atoms with E-state index >= 15 is 0 Å². The summed E-state index contributed by atoms with van der Waals surface area (Å²) >= 11 is 3.53. The van der Waals surface area contributed by atoms with Crippen molar-refractivity contribution in [3.8, 4) is 0 Å². The summed E-state index contributed by atoms with van der Waals surface area (Å²) in [6.45, 7) is 1.12. The van der Waals surface area contributed by atoms with Gasteiger partial charge in [-0.1, -0.05) is 34.5 Å². The number of carbonyl (C=O) groups is 2. The van der Waals surface area contributed by atoms with Crippen LogP contribution in [0.25, 0.3) is 0 Å². The molecule has 0 spiro atoms. The fourth-order valence-electron chi connectivity index (χ4n) is 3.29. The lowest BCUT2D eigenvalue weighted by Crippen LogP contribution is -2.45. The number of hydrogen-bond acceptors (Lipinski definition) is 3. The van der Waals surface area contributed by atoms with E-state index in [1.807, 2.05) is 12.1 Å². The summed E-state index contributed by atoms with van der Waals surface area (Å²) in [5.41, 5.74) is 1.34. The zero-order valence-corrected chi connectivity index (χ0v) is 16.2. The molecule has 0 atom stereocenters. The summed E-state index contributed by atoms with van der Waals surface area (Å²) in [6, 6.07) is 11.6. The molecule has 3 rings (SSSR count). The molecule has 2 aromatic rings. The van der Waals surface area contributed by atoms with Gasteiger partial charge >= 0.3 is 0 Å². The number of carbonyl (C=O) groups excluding carboxylic acids is 2. The maximum absolute atomic E-state index is 12.1. The molecule has 26 heavy (non-hydrogen) atoms. The van der Waals surface area contributed by atoms with Gasteiger partial charge in [0.1, 0.15) is 0 Å². The summed E-state index contributed by atoms with van der Waals surface area (Å²) in [5, 5.41) is 5.82. The number of nitrogens with one attached hydrogen (secondary N) is 2. The zero-order chi connectivity index (χ0) is 18.4. The van der Waals surface area contributed by atoms with E-state index in [2.05, 4.69) is 38.7 Å². The van der Waals surface area contributed by atoms with E-state index in [0.29, 0.717) is 25.9 Å². The molecule has 1 aromatic carbocycles. The van der Waals surface area contributed by atoms with E-state index in [4.69, 9.17) is 4.42 Å². The zero-order valence-electron chi connectivity index (χ0n) is 14.6. The Bertz CT molecular complexity index is 754. The smallest absolute Gasteiger partial charge is 0.286 e. The first-order valence-corrected chi connectivity index (χ1v) is 9.73. The molecular formula is C20H23BrN2O3. The number of halogens is 1. The van der Waals surface area contributed by atoms with E-state index in [1.54, 1.807) is 12.1 Å². The van der Waals surface area contributed by atoms with Crippen molar-refractivity contribution >= 4 is 27.7 Å². The van der Waals surface area contributed by atoms with Gasteiger partial charge < -0.3 is 15.1 Å². The lowest BCUT2D eigenvalue weighted by molar-refractivity contribution is -0.121. The SMILES string of the molecule is O=C(CCCNC(=O)c1ccco1)NCC1(c2cccc(Br)c2)CCC1. The van der Waals surface area contributed by atoms with Crippen LogP contribution in [0.3, 0.4) is 0 Å². The molecule has 0 bridgehead atoms. The van der Waals surface area contributed by atoms with Crippen molar-refractivity contribution in [2.75, 3.05) is 13.1 Å². The average molecular weight is 419 g/mol. The van der Waals surface area contributed by atoms with Crippen LogP contribution in [-0.4, -0.2) is 24.9 Å². The number of benzene rings is 1. The first kappa shape index (κ1) is 18.7. The topological polar surface area (TPSA) is 71.3 Å². The van der Waals surface area contributed by atoms with E-state index in [1.165, 1.54) is 18.2 Å². The first-order chi connectivity index (χ1) is 12.6. The van der Waals surface area contributed by atoms with Crippen LogP contribution in [0.2, 0.25) is 0 Å². The molecular weight excluding hydrogens is 396 g/mol. The summed E-state index contributed by atoms with van der Waals surface area (Å²) in [6.07, 6.45) is 5.85. The van der Waals surface area contributed by atoms with Crippen LogP contribution in [0.5, 0.6) is 0 Å². The number of rotatable bonds is 8. The Morgan fingerprint density at radius 1 is 1.15 bits per heavy atom. The third-order valence-electron chi connectivity index (χ3n) is 4.98. The van der Waals surface area contributed by atoms with Crippen molar-refractivity contribution in [2.24, 2.45) is 0 Å². The minimum atomic E-state index is -0.251. The highest BCUT2D eigenvalue weighted by atomic mass is 79.9. The molecule has 1 aromatic heterocycles. The van der Waals surface area contributed by atoms with Gasteiger partial charge in [-0.3, -0.25) is 9.59 Å². The van der Waals surface area contributed by atoms with E-state index in [0.717, 1.165) is 17.3 Å². The summed E-state index contributed by atoms with van der Waals surface area (Å²) < 4.78 is 6.09. The summed E-state index contributed by atoms with van der Waals surface area (Å²) in [4.78, 5) is 23.9. The Labute approximate surface area is 161 Å². The maximum atomic E-state index is 12.1. The Kier molecular flexibility index (Phi) is 6.14. The fourth-order valence-corrected chi connectivity index (χ4v) is 3.69. The molecule has 2 amide bonds. The van der Waals surface area contributed by atoms with Crippen LogP contribution in [-0.2, 0) is 10.2 Å². The average Bonchev–Trinajstić information content (AvgIpc) is 3.12. The number of amides is 2. The standard InChI is InChI=1S/C20H23BrN2O3/c21-16-6-1-5-15(13-16)20(9-4-10-20)14-23-18(24)8-2-11-22-19(25)17-7-3-12-26-17/h1,3,5-7,12-13H,2,4,8-11,14H2,(H,22,25)(H,23,24). The summed E-state index contributed by atoms with van der Waals surface area (Å²) in [5.74, 6) is 0.0624. The summed E-state index contributed by atoms with van der Waals surface area (Å²) in [7, 11) is 0. The van der Waals surface area contributed by atoms with Gasteiger partial charge in [0.25, 0.3) is 5.91 Å². The quantitative estimate of drug-likeness (QED) is 0.640. The van der Waals surface area contributed by atoms with E-state index in [9.17, 15) is 9.59 Å². The molecule has 5 nitrogen and oxygen atoms in total. The van der Waals surface area contributed by atoms with Crippen LogP contribution in [0.15, 0.2) is 51.6 Å². The molecule has 0 unspecified atom stereocenters. The number of furan rings is 1. The Morgan fingerprint density at radius 2 is 2.00 bits per heavy atom. The molecule has 1 heterocycles. The van der Waals surface area contributed by atoms with E-state index in [-0.39, 0.29) is 23.0 Å². The lowest BCUT2D eigenvalue weighted by atomic mass is 9.64. The van der Waals surface area contributed by atoms with Crippen molar-refractivity contribution in [2.45, 2.75) is 37.5 Å². The monoisotopic (exact) mass is 418 g/mol. The Morgan fingerprint density at radius 3 is 2.65 bits per heavy atom.